The first-order chi connectivity index (χ1) is 9.70. The lowest BCUT2D eigenvalue weighted by atomic mass is 10.2. The molecule has 3 aromatic rings. The molecule has 0 N–H and O–H groups in total. The quantitative estimate of drug-likeness (QED) is 0.636. The van der Waals surface area contributed by atoms with E-state index in [1.165, 1.54) is 0 Å². The fourth-order valence-corrected chi connectivity index (χ4v) is 2.82. The molecule has 1 aromatic heterocycles. The Morgan fingerprint density at radius 3 is 2.50 bits per heavy atom. The van der Waals surface area contributed by atoms with Gasteiger partial charge in [-0.3, -0.25) is 4.79 Å². The van der Waals surface area contributed by atoms with E-state index in [0.717, 1.165) is 22.8 Å². The third-order valence-electron chi connectivity index (χ3n) is 3.30. The third kappa shape index (κ3) is 2.21. The van der Waals surface area contributed by atoms with Gasteiger partial charge in [0.25, 0.3) is 0 Å². The highest BCUT2D eigenvalue weighted by atomic mass is 35.5. The van der Waals surface area contributed by atoms with Gasteiger partial charge in [0.05, 0.1) is 11.1 Å². The molecule has 3 rings (SSSR count). The summed E-state index contributed by atoms with van der Waals surface area (Å²) in [4.78, 5) is 11.3. The zero-order chi connectivity index (χ0) is 14.1. The van der Waals surface area contributed by atoms with Crippen LogP contribution in [0.2, 0.25) is 10.2 Å². The number of hydrogen-bond acceptors (Lipinski definition) is 1. The number of benzene rings is 2. The highest BCUT2D eigenvalue weighted by Crippen LogP contribution is 2.31. The zero-order valence-corrected chi connectivity index (χ0v) is 12.0. The molecule has 0 saturated carbocycles. The van der Waals surface area contributed by atoms with Crippen LogP contribution < -0.4 is 0 Å². The van der Waals surface area contributed by atoms with Gasteiger partial charge >= 0.3 is 0 Å². The van der Waals surface area contributed by atoms with E-state index in [2.05, 4.69) is 0 Å². The van der Waals surface area contributed by atoms with Crippen molar-refractivity contribution >= 4 is 40.4 Å². The Hall–Kier alpha value is -1.77. The molecule has 0 atom stereocenters. The maximum atomic E-state index is 11.3. The van der Waals surface area contributed by atoms with Gasteiger partial charge in [0.2, 0.25) is 0 Å². The van der Waals surface area contributed by atoms with Crippen LogP contribution in [-0.2, 0) is 6.54 Å². The first-order valence-electron chi connectivity index (χ1n) is 6.17. The van der Waals surface area contributed by atoms with Crippen LogP contribution in [-0.4, -0.2) is 10.9 Å². The summed E-state index contributed by atoms with van der Waals surface area (Å²) in [7, 11) is 0. The molecule has 0 aliphatic carbocycles. The second kappa shape index (κ2) is 5.31. The van der Waals surface area contributed by atoms with Gasteiger partial charge < -0.3 is 4.57 Å². The number of carbonyl (C=O) groups is 1. The van der Waals surface area contributed by atoms with Crippen LogP contribution in [0.1, 0.15) is 15.9 Å². The van der Waals surface area contributed by atoms with Crippen molar-refractivity contribution in [2.45, 2.75) is 6.54 Å². The lowest BCUT2D eigenvalue weighted by Crippen LogP contribution is -1.99. The lowest BCUT2D eigenvalue weighted by molar-refractivity contribution is 0.112. The monoisotopic (exact) mass is 303 g/mol. The van der Waals surface area contributed by atoms with Gasteiger partial charge in [0, 0.05) is 17.0 Å². The third-order valence-corrected chi connectivity index (χ3v) is 3.94. The van der Waals surface area contributed by atoms with Gasteiger partial charge in [0.1, 0.15) is 5.15 Å². The molecule has 100 valence electrons. The molecule has 0 amide bonds. The second-order valence-electron chi connectivity index (χ2n) is 4.56. The van der Waals surface area contributed by atoms with E-state index in [1.54, 1.807) is 12.1 Å². The van der Waals surface area contributed by atoms with Crippen molar-refractivity contribution in [3.8, 4) is 0 Å². The first kappa shape index (κ1) is 13.2. The van der Waals surface area contributed by atoms with E-state index in [9.17, 15) is 4.79 Å². The maximum absolute atomic E-state index is 11.3. The van der Waals surface area contributed by atoms with Gasteiger partial charge in [-0.05, 0) is 23.8 Å². The molecule has 2 aromatic carbocycles. The van der Waals surface area contributed by atoms with Crippen molar-refractivity contribution in [3.63, 3.8) is 0 Å². The Morgan fingerprint density at radius 1 is 1.05 bits per heavy atom. The summed E-state index contributed by atoms with van der Waals surface area (Å²) in [5, 5.41) is 1.82. The summed E-state index contributed by atoms with van der Waals surface area (Å²) in [5.41, 5.74) is 2.52. The van der Waals surface area contributed by atoms with Crippen LogP contribution in [0.4, 0.5) is 0 Å². The minimum absolute atomic E-state index is 0.445. The molecular weight excluding hydrogens is 293 g/mol. The molecule has 20 heavy (non-hydrogen) atoms. The standard InChI is InChI=1S/C16H11Cl2NO/c17-12-6-7-15-13(8-12)14(10-20)16(18)19(15)9-11-4-2-1-3-5-11/h1-8,10H,9H2. The summed E-state index contributed by atoms with van der Waals surface area (Å²) in [5.74, 6) is 0. The topological polar surface area (TPSA) is 22.0 Å². The molecule has 0 fully saturated rings. The van der Waals surface area contributed by atoms with E-state index < -0.39 is 0 Å². The number of aldehydes is 1. The number of nitrogens with zero attached hydrogens (tertiary/aromatic N) is 1. The normalized spacial score (nSPS) is 10.9. The highest BCUT2D eigenvalue weighted by Gasteiger charge is 2.15. The minimum atomic E-state index is 0.445. The number of carbonyl (C=O) groups excluding carboxylic acids is 1. The van der Waals surface area contributed by atoms with E-state index >= 15 is 0 Å². The predicted octanol–water partition coefficient (Wildman–Crippen LogP) is 4.81. The number of fused-ring (bicyclic) bond motifs is 1. The Labute approximate surface area is 126 Å². The molecule has 0 aliphatic rings. The Morgan fingerprint density at radius 2 is 1.80 bits per heavy atom. The van der Waals surface area contributed by atoms with Crippen molar-refractivity contribution in [3.05, 3.63) is 69.8 Å². The Bertz CT molecular complexity index is 778. The minimum Gasteiger partial charge on any atom is -0.327 e. The fraction of sp³-hybridized carbons (Fsp3) is 0.0625. The molecule has 0 bridgehead atoms. The van der Waals surface area contributed by atoms with Gasteiger partial charge in [0.15, 0.2) is 6.29 Å². The average Bonchev–Trinajstić information content (AvgIpc) is 2.71. The summed E-state index contributed by atoms with van der Waals surface area (Å²) < 4.78 is 1.92. The Balaban J connectivity index is 2.20. The van der Waals surface area contributed by atoms with Crippen LogP contribution in [0, 0.1) is 0 Å². The maximum Gasteiger partial charge on any atom is 0.153 e. The molecule has 0 radical (unpaired) electrons. The van der Waals surface area contributed by atoms with Crippen molar-refractivity contribution < 1.29 is 4.79 Å². The van der Waals surface area contributed by atoms with E-state index in [1.807, 2.05) is 41.0 Å². The van der Waals surface area contributed by atoms with Crippen LogP contribution in [0.25, 0.3) is 10.9 Å². The zero-order valence-electron chi connectivity index (χ0n) is 10.5. The van der Waals surface area contributed by atoms with Crippen LogP contribution in [0.15, 0.2) is 48.5 Å². The molecule has 0 aliphatic heterocycles. The fourth-order valence-electron chi connectivity index (χ4n) is 2.35. The Kier molecular flexibility index (Phi) is 3.51. The van der Waals surface area contributed by atoms with Crippen molar-refractivity contribution in [1.29, 1.82) is 0 Å². The van der Waals surface area contributed by atoms with E-state index in [4.69, 9.17) is 23.2 Å². The molecule has 0 saturated heterocycles. The number of rotatable bonds is 3. The molecule has 2 nitrogen and oxygen atoms in total. The van der Waals surface area contributed by atoms with E-state index in [-0.39, 0.29) is 0 Å². The highest BCUT2D eigenvalue weighted by molar-refractivity contribution is 6.35. The summed E-state index contributed by atoms with van der Waals surface area (Å²) in [6.45, 7) is 0.617. The molecule has 0 spiro atoms. The summed E-state index contributed by atoms with van der Waals surface area (Å²) in [6, 6.07) is 15.4. The van der Waals surface area contributed by atoms with Crippen molar-refractivity contribution in [2.24, 2.45) is 0 Å². The molecule has 4 heteroatoms. The summed E-state index contributed by atoms with van der Waals surface area (Å²) >= 11 is 12.3. The van der Waals surface area contributed by atoms with Crippen LogP contribution in [0.3, 0.4) is 0 Å². The lowest BCUT2D eigenvalue weighted by Gasteiger charge is -2.07. The van der Waals surface area contributed by atoms with Crippen molar-refractivity contribution in [1.82, 2.24) is 4.57 Å². The van der Waals surface area contributed by atoms with Crippen molar-refractivity contribution in [2.75, 3.05) is 0 Å². The molecular formula is C16H11Cl2NO. The molecule has 1 heterocycles. The SMILES string of the molecule is O=Cc1c(Cl)n(Cc2ccccc2)c2ccc(Cl)cc12. The largest absolute Gasteiger partial charge is 0.327 e. The summed E-state index contributed by atoms with van der Waals surface area (Å²) in [6.07, 6.45) is 0.780. The molecule has 0 unspecified atom stereocenters. The van der Waals surface area contributed by atoms with Crippen LogP contribution >= 0.6 is 23.2 Å². The first-order valence-corrected chi connectivity index (χ1v) is 6.92. The van der Waals surface area contributed by atoms with Gasteiger partial charge in [-0.15, -0.1) is 0 Å². The van der Waals surface area contributed by atoms with Crippen LogP contribution in [0.5, 0.6) is 0 Å². The number of hydrogen-bond donors (Lipinski definition) is 0. The van der Waals surface area contributed by atoms with Gasteiger partial charge in [-0.2, -0.15) is 0 Å². The van der Waals surface area contributed by atoms with Gasteiger partial charge in [-0.25, -0.2) is 0 Å². The average molecular weight is 304 g/mol. The number of halogens is 2. The second-order valence-corrected chi connectivity index (χ2v) is 5.35. The predicted molar refractivity (Wildman–Crippen MR) is 82.9 cm³/mol. The number of aromatic nitrogens is 1. The van der Waals surface area contributed by atoms with Gasteiger partial charge in [-0.1, -0.05) is 53.5 Å². The smallest absolute Gasteiger partial charge is 0.153 e. The van der Waals surface area contributed by atoms with E-state index in [0.29, 0.717) is 22.3 Å².